The van der Waals surface area contributed by atoms with Crippen LogP contribution in [-0.4, -0.2) is 23.8 Å². The smallest absolute Gasteiger partial charge is 0.231 e. The van der Waals surface area contributed by atoms with Gasteiger partial charge in [0.1, 0.15) is 0 Å². The number of benzene rings is 1. The topological polar surface area (TPSA) is 47.5 Å². The monoisotopic (exact) mass is 305 g/mol. The molecule has 0 saturated carbocycles. The van der Waals surface area contributed by atoms with Gasteiger partial charge < -0.3 is 14.4 Å². The normalized spacial score (nSPS) is 12.2. The van der Waals surface area contributed by atoms with Gasteiger partial charge in [-0.1, -0.05) is 0 Å². The van der Waals surface area contributed by atoms with E-state index in [4.69, 9.17) is 9.47 Å². The maximum Gasteiger partial charge on any atom is 0.231 e. The summed E-state index contributed by atoms with van der Waals surface area (Å²) >= 11 is 0. The molecule has 0 atom stereocenters. The maximum absolute atomic E-state index is 5.45. The van der Waals surface area contributed by atoms with Gasteiger partial charge in [0.2, 0.25) is 6.79 Å². The van der Waals surface area contributed by atoms with Crippen LogP contribution in [0, 0.1) is 0 Å². The number of fused-ring (bicyclic) bond motifs is 1. The van der Waals surface area contributed by atoms with Crippen LogP contribution in [0.1, 0.15) is 0 Å². The third-order valence-electron chi connectivity index (χ3n) is 3.87. The van der Waals surface area contributed by atoms with Crippen LogP contribution in [0.4, 0.5) is 11.4 Å². The molecule has 114 valence electrons. The van der Waals surface area contributed by atoms with Crippen molar-refractivity contribution in [2.45, 2.75) is 0 Å². The second kappa shape index (κ2) is 5.61. The number of hydrogen-bond acceptors (Lipinski definition) is 5. The molecule has 0 aliphatic carbocycles. The Morgan fingerprint density at radius 1 is 0.826 bits per heavy atom. The minimum absolute atomic E-state index is 0.279. The summed E-state index contributed by atoms with van der Waals surface area (Å²) < 4.78 is 10.8. The number of rotatable bonds is 3. The van der Waals surface area contributed by atoms with Crippen LogP contribution in [0.5, 0.6) is 11.5 Å². The molecule has 0 radical (unpaired) electrons. The summed E-state index contributed by atoms with van der Waals surface area (Å²) in [5.74, 6) is 1.55. The Balaban J connectivity index is 1.68. The van der Waals surface area contributed by atoms with Gasteiger partial charge >= 0.3 is 0 Å². The Hall–Kier alpha value is -3.08. The first-order valence-corrected chi connectivity index (χ1v) is 7.30. The lowest BCUT2D eigenvalue weighted by Crippen LogP contribution is -2.09. The lowest BCUT2D eigenvalue weighted by Gasteiger charge is -2.20. The minimum Gasteiger partial charge on any atom is -0.454 e. The van der Waals surface area contributed by atoms with Crippen LogP contribution in [0.25, 0.3) is 11.1 Å². The maximum atomic E-state index is 5.45. The van der Waals surface area contributed by atoms with Gasteiger partial charge in [0, 0.05) is 43.0 Å². The van der Waals surface area contributed by atoms with Crippen molar-refractivity contribution in [3.63, 3.8) is 0 Å². The average Bonchev–Trinajstić information content (AvgIpc) is 3.09. The van der Waals surface area contributed by atoms with Crippen molar-refractivity contribution in [3.8, 4) is 22.6 Å². The Labute approximate surface area is 134 Å². The van der Waals surface area contributed by atoms with Crippen LogP contribution in [0.2, 0.25) is 0 Å². The molecule has 3 heterocycles. The average molecular weight is 305 g/mol. The zero-order chi connectivity index (χ0) is 15.6. The molecule has 0 saturated heterocycles. The van der Waals surface area contributed by atoms with E-state index in [9.17, 15) is 0 Å². The molecule has 0 amide bonds. The van der Waals surface area contributed by atoms with Gasteiger partial charge in [-0.2, -0.15) is 0 Å². The van der Waals surface area contributed by atoms with Crippen molar-refractivity contribution in [1.29, 1.82) is 0 Å². The summed E-state index contributed by atoms with van der Waals surface area (Å²) in [5.41, 5.74) is 4.16. The van der Waals surface area contributed by atoms with E-state index >= 15 is 0 Å². The molecule has 1 aliphatic rings. The van der Waals surface area contributed by atoms with Gasteiger partial charge in [0.05, 0.1) is 11.9 Å². The van der Waals surface area contributed by atoms with Crippen LogP contribution in [0.15, 0.2) is 61.2 Å². The first-order chi connectivity index (χ1) is 11.3. The number of ether oxygens (including phenoxy) is 2. The van der Waals surface area contributed by atoms with Crippen molar-refractivity contribution >= 4 is 11.4 Å². The minimum atomic E-state index is 0.279. The lowest BCUT2D eigenvalue weighted by molar-refractivity contribution is 0.174. The van der Waals surface area contributed by atoms with E-state index in [0.717, 1.165) is 34.0 Å². The van der Waals surface area contributed by atoms with Crippen molar-refractivity contribution in [2.75, 3.05) is 18.7 Å². The molecule has 3 aromatic rings. The van der Waals surface area contributed by atoms with Crippen LogP contribution in [0.3, 0.4) is 0 Å². The fourth-order valence-electron chi connectivity index (χ4n) is 2.56. The summed E-state index contributed by atoms with van der Waals surface area (Å²) in [6, 6.07) is 12.0. The molecule has 1 aromatic carbocycles. The Bertz CT molecular complexity index is 837. The van der Waals surface area contributed by atoms with Crippen LogP contribution in [-0.2, 0) is 0 Å². The second-order valence-electron chi connectivity index (χ2n) is 5.26. The molecule has 0 spiro atoms. The Morgan fingerprint density at radius 3 is 2.52 bits per heavy atom. The van der Waals surface area contributed by atoms with E-state index in [-0.39, 0.29) is 6.79 Å². The summed E-state index contributed by atoms with van der Waals surface area (Å²) in [6.45, 7) is 0.279. The molecule has 0 unspecified atom stereocenters. The fraction of sp³-hybridized carbons (Fsp3) is 0.111. The molecule has 23 heavy (non-hydrogen) atoms. The SMILES string of the molecule is CN(c1cncc(-c2ccncc2)c1)c1ccc2c(c1)OCO2. The molecule has 5 heteroatoms. The molecule has 5 nitrogen and oxygen atoms in total. The van der Waals surface area contributed by atoms with E-state index in [1.54, 1.807) is 12.4 Å². The standard InChI is InChI=1S/C18H15N3O2/c1-21(15-2-3-17-18(9-15)23-12-22-17)16-8-14(10-20-11-16)13-4-6-19-7-5-13/h2-11H,12H2,1H3. The quantitative estimate of drug-likeness (QED) is 0.739. The van der Waals surface area contributed by atoms with Gasteiger partial charge in [-0.3, -0.25) is 9.97 Å². The van der Waals surface area contributed by atoms with E-state index in [1.807, 2.05) is 49.8 Å². The first kappa shape index (κ1) is 13.6. The van der Waals surface area contributed by atoms with Crippen molar-refractivity contribution in [1.82, 2.24) is 9.97 Å². The van der Waals surface area contributed by atoms with E-state index < -0.39 is 0 Å². The number of hydrogen-bond donors (Lipinski definition) is 0. The van der Waals surface area contributed by atoms with E-state index in [0.29, 0.717) is 0 Å². The molecular weight excluding hydrogens is 290 g/mol. The number of nitrogens with zero attached hydrogens (tertiary/aromatic N) is 3. The molecule has 2 aromatic heterocycles. The van der Waals surface area contributed by atoms with Gasteiger partial charge in [-0.15, -0.1) is 0 Å². The van der Waals surface area contributed by atoms with Crippen molar-refractivity contribution < 1.29 is 9.47 Å². The fourth-order valence-corrected chi connectivity index (χ4v) is 2.56. The number of aromatic nitrogens is 2. The van der Waals surface area contributed by atoms with Gasteiger partial charge in [-0.05, 0) is 35.9 Å². The lowest BCUT2D eigenvalue weighted by atomic mass is 10.1. The molecule has 0 fully saturated rings. The van der Waals surface area contributed by atoms with Gasteiger partial charge in [0.25, 0.3) is 0 Å². The van der Waals surface area contributed by atoms with E-state index in [1.165, 1.54) is 0 Å². The molecule has 1 aliphatic heterocycles. The van der Waals surface area contributed by atoms with Crippen molar-refractivity contribution in [3.05, 3.63) is 61.2 Å². The zero-order valence-corrected chi connectivity index (χ0v) is 12.6. The number of anilines is 2. The third kappa shape index (κ3) is 2.57. The highest BCUT2D eigenvalue weighted by molar-refractivity contribution is 5.71. The van der Waals surface area contributed by atoms with Crippen LogP contribution >= 0.6 is 0 Å². The second-order valence-corrected chi connectivity index (χ2v) is 5.26. The van der Waals surface area contributed by atoms with Gasteiger partial charge in [0.15, 0.2) is 11.5 Å². The summed E-state index contributed by atoms with van der Waals surface area (Å²) in [5, 5.41) is 0. The Morgan fingerprint density at radius 2 is 1.65 bits per heavy atom. The highest BCUT2D eigenvalue weighted by Gasteiger charge is 2.15. The first-order valence-electron chi connectivity index (χ1n) is 7.30. The Kier molecular flexibility index (Phi) is 3.31. The highest BCUT2D eigenvalue weighted by atomic mass is 16.7. The molecule has 0 bridgehead atoms. The zero-order valence-electron chi connectivity index (χ0n) is 12.6. The van der Waals surface area contributed by atoms with Crippen molar-refractivity contribution in [2.24, 2.45) is 0 Å². The summed E-state index contributed by atoms with van der Waals surface area (Å²) in [6.07, 6.45) is 7.26. The highest BCUT2D eigenvalue weighted by Crippen LogP contribution is 2.37. The predicted molar refractivity (Wildman–Crippen MR) is 88.1 cm³/mol. The summed E-state index contributed by atoms with van der Waals surface area (Å²) in [7, 11) is 2.00. The molecule has 4 rings (SSSR count). The summed E-state index contributed by atoms with van der Waals surface area (Å²) in [4.78, 5) is 10.5. The third-order valence-corrected chi connectivity index (χ3v) is 3.87. The molecular formula is C18H15N3O2. The molecule has 0 N–H and O–H groups in total. The largest absolute Gasteiger partial charge is 0.454 e. The number of pyridine rings is 2. The van der Waals surface area contributed by atoms with Gasteiger partial charge in [-0.25, -0.2) is 0 Å². The predicted octanol–water partition coefficient (Wildman–Crippen LogP) is 3.64. The van der Waals surface area contributed by atoms with Crippen LogP contribution < -0.4 is 14.4 Å². The van der Waals surface area contributed by atoms with E-state index in [2.05, 4.69) is 20.9 Å².